The third kappa shape index (κ3) is 2.92. The third-order valence-electron chi connectivity index (χ3n) is 5.44. The highest BCUT2D eigenvalue weighted by Gasteiger charge is 2.33. The molecule has 0 aliphatic heterocycles. The number of nitrogens with two attached hydrogens (primary N) is 1. The predicted octanol–water partition coefficient (Wildman–Crippen LogP) is 3.42. The van der Waals surface area contributed by atoms with Gasteiger partial charge in [-0.05, 0) is 25.0 Å². The molecule has 2 heterocycles. The molecule has 1 aliphatic carbocycles. The van der Waals surface area contributed by atoms with Crippen molar-refractivity contribution in [2.24, 2.45) is 0 Å². The normalized spacial score (nSPS) is 15.8. The Balaban J connectivity index is 2.06. The average molecular weight is 400 g/mol. The summed E-state index contributed by atoms with van der Waals surface area (Å²) in [4.78, 5) is 11.0. The van der Waals surface area contributed by atoms with Crippen LogP contribution in [0.3, 0.4) is 0 Å². The highest BCUT2D eigenvalue weighted by molar-refractivity contribution is 7.92. The van der Waals surface area contributed by atoms with E-state index in [1.54, 1.807) is 30.3 Å². The molecule has 2 aromatic heterocycles. The zero-order valence-electron chi connectivity index (χ0n) is 16.2. The van der Waals surface area contributed by atoms with Crippen LogP contribution < -0.4 is 10.6 Å². The summed E-state index contributed by atoms with van der Waals surface area (Å²) in [5.74, 6) is 0.936. The lowest BCUT2D eigenvalue weighted by atomic mass is 9.95. The maximum atomic E-state index is 13.5. The number of aromatic nitrogens is 3. The van der Waals surface area contributed by atoms with Crippen LogP contribution in [0, 0.1) is 0 Å². The van der Waals surface area contributed by atoms with Gasteiger partial charge in [0.1, 0.15) is 28.1 Å². The van der Waals surface area contributed by atoms with Crippen LogP contribution in [0.4, 0.5) is 11.6 Å². The molecule has 3 aromatic rings. The number of fused-ring (bicyclic) bond motifs is 1. The lowest BCUT2D eigenvalue weighted by molar-refractivity contribution is 0.363. The monoisotopic (exact) mass is 399 g/mol. The molecule has 0 unspecified atom stereocenters. The number of anilines is 2. The standard InChI is InChI=1S/C20H25N5O2S/c1-24(2)20-17-16(22-13-23-20)18(28(26,27)15-11-7-4-8-12-15)19(21)25(17)14-9-5-3-6-10-14/h4,7-8,11-14H,3,5-6,9-10,21H2,1-2H3. The third-order valence-corrected chi connectivity index (χ3v) is 7.27. The van der Waals surface area contributed by atoms with Crippen LogP contribution in [0.5, 0.6) is 0 Å². The molecule has 1 aliphatic rings. The van der Waals surface area contributed by atoms with Gasteiger partial charge in [-0.15, -0.1) is 0 Å². The van der Waals surface area contributed by atoms with Gasteiger partial charge in [0, 0.05) is 20.1 Å². The highest BCUT2D eigenvalue weighted by atomic mass is 32.2. The summed E-state index contributed by atoms with van der Waals surface area (Å²) >= 11 is 0. The van der Waals surface area contributed by atoms with Crippen molar-refractivity contribution >= 4 is 32.5 Å². The van der Waals surface area contributed by atoms with Crippen molar-refractivity contribution in [3.8, 4) is 0 Å². The second-order valence-corrected chi connectivity index (χ2v) is 9.37. The van der Waals surface area contributed by atoms with Crippen molar-refractivity contribution in [1.82, 2.24) is 14.5 Å². The molecule has 0 amide bonds. The van der Waals surface area contributed by atoms with E-state index in [2.05, 4.69) is 9.97 Å². The Morgan fingerprint density at radius 3 is 2.39 bits per heavy atom. The van der Waals surface area contributed by atoms with Crippen LogP contribution in [0.15, 0.2) is 46.5 Å². The van der Waals surface area contributed by atoms with Gasteiger partial charge in [0.05, 0.1) is 4.90 Å². The summed E-state index contributed by atoms with van der Waals surface area (Å²) in [6.45, 7) is 0. The first-order valence-electron chi connectivity index (χ1n) is 9.54. The molecule has 0 spiro atoms. The number of rotatable bonds is 4. The van der Waals surface area contributed by atoms with Crippen LogP contribution in [-0.4, -0.2) is 37.0 Å². The lowest BCUT2D eigenvalue weighted by Gasteiger charge is -2.26. The van der Waals surface area contributed by atoms with E-state index in [0.717, 1.165) is 25.7 Å². The van der Waals surface area contributed by atoms with Gasteiger partial charge in [-0.3, -0.25) is 0 Å². The maximum Gasteiger partial charge on any atom is 0.212 e. The van der Waals surface area contributed by atoms with Gasteiger partial charge in [0.15, 0.2) is 5.82 Å². The number of hydrogen-bond donors (Lipinski definition) is 1. The number of nitrogen functional groups attached to an aromatic ring is 1. The van der Waals surface area contributed by atoms with E-state index in [9.17, 15) is 8.42 Å². The second-order valence-electron chi connectivity index (χ2n) is 7.48. The Kier molecular flexibility index (Phi) is 4.74. The summed E-state index contributed by atoms with van der Waals surface area (Å²) in [6.07, 6.45) is 6.76. The van der Waals surface area contributed by atoms with Crippen molar-refractivity contribution < 1.29 is 8.42 Å². The fourth-order valence-electron chi connectivity index (χ4n) is 4.14. The van der Waals surface area contributed by atoms with E-state index >= 15 is 0 Å². The zero-order valence-corrected chi connectivity index (χ0v) is 17.0. The van der Waals surface area contributed by atoms with Crippen molar-refractivity contribution in [2.75, 3.05) is 24.7 Å². The van der Waals surface area contributed by atoms with Crippen molar-refractivity contribution in [1.29, 1.82) is 0 Å². The molecule has 2 N–H and O–H groups in total. The lowest BCUT2D eigenvalue weighted by Crippen LogP contribution is -2.18. The Bertz CT molecular complexity index is 1100. The van der Waals surface area contributed by atoms with Gasteiger partial charge in [0.25, 0.3) is 0 Å². The summed E-state index contributed by atoms with van der Waals surface area (Å²) < 4.78 is 28.9. The summed E-state index contributed by atoms with van der Waals surface area (Å²) in [5, 5.41) is 0. The topological polar surface area (TPSA) is 94.1 Å². The molecule has 0 atom stereocenters. The Morgan fingerprint density at radius 2 is 1.75 bits per heavy atom. The molecule has 4 rings (SSSR count). The molecule has 8 heteroatoms. The zero-order chi connectivity index (χ0) is 19.9. The maximum absolute atomic E-state index is 13.5. The van der Waals surface area contributed by atoms with Crippen LogP contribution in [0.2, 0.25) is 0 Å². The fourth-order valence-corrected chi connectivity index (χ4v) is 5.67. The molecule has 148 valence electrons. The Hall–Kier alpha value is -2.61. The average Bonchev–Trinajstić information content (AvgIpc) is 3.01. The Morgan fingerprint density at radius 1 is 1.07 bits per heavy atom. The molecule has 1 fully saturated rings. The summed E-state index contributed by atoms with van der Waals surface area (Å²) in [5.41, 5.74) is 7.63. The second kappa shape index (κ2) is 7.09. The minimum atomic E-state index is -3.81. The molecule has 1 aromatic carbocycles. The van der Waals surface area contributed by atoms with Crippen LogP contribution in [0.25, 0.3) is 11.0 Å². The van der Waals surface area contributed by atoms with Crippen molar-refractivity contribution in [3.05, 3.63) is 36.7 Å². The van der Waals surface area contributed by atoms with E-state index in [0.29, 0.717) is 16.9 Å². The van der Waals surface area contributed by atoms with Crippen LogP contribution >= 0.6 is 0 Å². The number of hydrogen-bond acceptors (Lipinski definition) is 6. The van der Waals surface area contributed by atoms with Gasteiger partial charge in [-0.1, -0.05) is 37.5 Å². The van der Waals surface area contributed by atoms with Gasteiger partial charge in [-0.25, -0.2) is 18.4 Å². The first kappa shape index (κ1) is 18.7. The van der Waals surface area contributed by atoms with Crippen molar-refractivity contribution in [3.63, 3.8) is 0 Å². The van der Waals surface area contributed by atoms with Gasteiger partial charge >= 0.3 is 0 Å². The number of sulfone groups is 1. The minimum absolute atomic E-state index is 0.0878. The van der Waals surface area contributed by atoms with E-state index in [4.69, 9.17) is 5.73 Å². The molecule has 28 heavy (non-hydrogen) atoms. The SMILES string of the molecule is CN(C)c1ncnc2c(S(=O)(=O)c3ccccc3)c(N)n(C3CCCCC3)c12. The highest BCUT2D eigenvalue weighted by Crippen LogP contribution is 2.42. The molecular weight excluding hydrogens is 374 g/mol. The smallest absolute Gasteiger partial charge is 0.212 e. The molecule has 0 bridgehead atoms. The Labute approximate surface area is 165 Å². The molecular formula is C20H25N5O2S. The van der Waals surface area contributed by atoms with E-state index in [1.165, 1.54) is 12.7 Å². The molecule has 0 radical (unpaired) electrons. The van der Waals surface area contributed by atoms with Crippen LogP contribution in [-0.2, 0) is 9.84 Å². The molecule has 1 saturated carbocycles. The largest absolute Gasteiger partial charge is 0.384 e. The summed E-state index contributed by atoms with van der Waals surface area (Å²) in [7, 11) is -0.0303. The first-order chi connectivity index (χ1) is 13.4. The van der Waals surface area contributed by atoms with Gasteiger partial charge in [-0.2, -0.15) is 0 Å². The molecule has 7 nitrogen and oxygen atoms in total. The van der Waals surface area contributed by atoms with E-state index in [1.807, 2.05) is 23.6 Å². The quantitative estimate of drug-likeness (QED) is 0.722. The van der Waals surface area contributed by atoms with E-state index < -0.39 is 9.84 Å². The van der Waals surface area contributed by atoms with E-state index in [-0.39, 0.29) is 21.7 Å². The minimum Gasteiger partial charge on any atom is -0.384 e. The van der Waals surface area contributed by atoms with Gasteiger partial charge in [0.2, 0.25) is 9.84 Å². The predicted molar refractivity (Wildman–Crippen MR) is 110 cm³/mol. The number of nitrogens with zero attached hydrogens (tertiary/aromatic N) is 4. The molecule has 0 saturated heterocycles. The van der Waals surface area contributed by atoms with Crippen molar-refractivity contribution in [2.45, 2.75) is 47.9 Å². The van der Waals surface area contributed by atoms with Gasteiger partial charge < -0.3 is 15.2 Å². The first-order valence-corrected chi connectivity index (χ1v) is 11.0. The van der Waals surface area contributed by atoms with Crippen LogP contribution in [0.1, 0.15) is 38.1 Å². The fraction of sp³-hybridized carbons (Fsp3) is 0.400. The summed E-state index contributed by atoms with van der Waals surface area (Å²) in [6, 6.07) is 8.55. The number of benzene rings is 1.